The molecule has 0 saturated carbocycles. The van der Waals surface area contributed by atoms with Crippen LogP contribution in [0.25, 0.3) is 0 Å². The summed E-state index contributed by atoms with van der Waals surface area (Å²) >= 11 is 1.63. The summed E-state index contributed by atoms with van der Waals surface area (Å²) < 4.78 is 5.27. The third-order valence-electron chi connectivity index (χ3n) is 2.36. The van der Waals surface area contributed by atoms with Crippen molar-refractivity contribution in [3.63, 3.8) is 0 Å². The Labute approximate surface area is 113 Å². The van der Waals surface area contributed by atoms with Crippen LogP contribution in [-0.2, 0) is 4.74 Å². The zero-order valence-corrected chi connectivity index (χ0v) is 12.3. The van der Waals surface area contributed by atoms with Crippen LogP contribution < -0.4 is 11.1 Å². The minimum atomic E-state index is -0.484. The molecule has 1 atom stereocenters. The molecule has 18 heavy (non-hydrogen) atoms. The van der Waals surface area contributed by atoms with Gasteiger partial charge < -0.3 is 15.8 Å². The lowest BCUT2D eigenvalue weighted by molar-refractivity contribution is 0.0502. The van der Waals surface area contributed by atoms with E-state index < -0.39 is 11.7 Å². The van der Waals surface area contributed by atoms with Crippen LogP contribution in [-0.4, -0.2) is 18.2 Å². The molecule has 0 bridgehead atoms. The van der Waals surface area contributed by atoms with Gasteiger partial charge in [-0.05, 0) is 57.7 Å². The fourth-order valence-electron chi connectivity index (χ4n) is 1.63. The Morgan fingerprint density at radius 2 is 2.22 bits per heavy atom. The molecule has 0 fully saturated rings. The number of nitrogens with one attached hydrogen (secondary N) is 1. The van der Waals surface area contributed by atoms with Crippen LogP contribution in [0.4, 0.5) is 4.79 Å². The Morgan fingerprint density at radius 1 is 1.56 bits per heavy atom. The highest BCUT2D eigenvalue weighted by atomic mass is 32.1. The number of hydrogen-bond donors (Lipinski definition) is 2. The zero-order chi connectivity index (χ0) is 13.8. The molecule has 5 heteroatoms. The van der Waals surface area contributed by atoms with Crippen LogP contribution in [0.15, 0.2) is 11.4 Å². The number of carbonyl (C=O) groups is 1. The maximum Gasteiger partial charge on any atom is 0.408 e. The van der Waals surface area contributed by atoms with Gasteiger partial charge in [-0.15, -0.1) is 11.3 Å². The first kappa shape index (κ1) is 15.0. The maximum atomic E-state index is 11.8. The highest BCUT2D eigenvalue weighted by Gasteiger charge is 2.21. The molecule has 1 unspecified atom stereocenters. The van der Waals surface area contributed by atoms with E-state index in [-0.39, 0.29) is 6.04 Å². The number of amides is 1. The predicted molar refractivity (Wildman–Crippen MR) is 74.8 cm³/mol. The minimum Gasteiger partial charge on any atom is -0.444 e. The van der Waals surface area contributed by atoms with Gasteiger partial charge in [0.25, 0.3) is 0 Å². The number of aryl methyl sites for hydroxylation is 1. The monoisotopic (exact) mass is 270 g/mol. The van der Waals surface area contributed by atoms with Gasteiger partial charge in [-0.2, -0.15) is 0 Å². The normalized spacial score (nSPS) is 13.2. The molecule has 4 nitrogen and oxygen atoms in total. The largest absolute Gasteiger partial charge is 0.444 e. The fraction of sp³-hybridized carbons (Fsp3) is 0.615. The van der Waals surface area contributed by atoms with E-state index in [9.17, 15) is 4.79 Å². The van der Waals surface area contributed by atoms with E-state index in [1.54, 1.807) is 11.3 Å². The quantitative estimate of drug-likeness (QED) is 0.884. The molecule has 3 N–H and O–H groups in total. The van der Waals surface area contributed by atoms with Crippen molar-refractivity contribution in [3.05, 3.63) is 21.9 Å². The highest BCUT2D eigenvalue weighted by Crippen LogP contribution is 2.26. The Bertz CT molecular complexity index is 396. The molecule has 0 aliphatic heterocycles. The average molecular weight is 270 g/mol. The van der Waals surface area contributed by atoms with E-state index in [4.69, 9.17) is 10.5 Å². The topological polar surface area (TPSA) is 64.3 Å². The van der Waals surface area contributed by atoms with Gasteiger partial charge in [0.15, 0.2) is 0 Å². The SMILES string of the molecule is Cc1ccsc1C(CCN)NC(=O)OC(C)(C)C. The molecule has 0 aliphatic rings. The van der Waals surface area contributed by atoms with Gasteiger partial charge in [-0.1, -0.05) is 0 Å². The molecule has 1 amide bonds. The summed E-state index contributed by atoms with van der Waals surface area (Å²) in [6, 6.07) is 1.98. The van der Waals surface area contributed by atoms with E-state index in [0.717, 1.165) is 4.88 Å². The van der Waals surface area contributed by atoms with Crippen LogP contribution in [0.3, 0.4) is 0 Å². The smallest absolute Gasteiger partial charge is 0.408 e. The first-order valence-electron chi connectivity index (χ1n) is 6.07. The summed E-state index contributed by atoms with van der Waals surface area (Å²) in [4.78, 5) is 12.9. The minimum absolute atomic E-state index is 0.0650. The molecule has 0 aliphatic carbocycles. The van der Waals surface area contributed by atoms with E-state index in [1.165, 1.54) is 5.56 Å². The number of ether oxygens (including phenoxy) is 1. The van der Waals surface area contributed by atoms with E-state index in [1.807, 2.05) is 39.1 Å². The molecule has 1 aromatic rings. The summed E-state index contributed by atoms with van der Waals surface area (Å²) in [5, 5.41) is 4.91. The number of thiophene rings is 1. The summed E-state index contributed by atoms with van der Waals surface area (Å²) in [6.45, 7) is 8.10. The lowest BCUT2D eigenvalue weighted by Crippen LogP contribution is -2.35. The molecule has 102 valence electrons. The van der Waals surface area contributed by atoms with Crippen LogP contribution in [0, 0.1) is 6.92 Å². The standard InChI is InChI=1S/C13H22N2O2S/c1-9-6-8-18-11(9)10(5-7-14)15-12(16)17-13(2,3)4/h6,8,10H,5,7,14H2,1-4H3,(H,15,16). The summed E-state index contributed by atoms with van der Waals surface area (Å²) in [6.07, 6.45) is 0.314. The second kappa shape index (κ2) is 6.20. The number of carbonyl (C=O) groups excluding carboxylic acids is 1. The van der Waals surface area contributed by atoms with Crippen molar-refractivity contribution in [1.29, 1.82) is 0 Å². The molecule has 1 rings (SSSR count). The Morgan fingerprint density at radius 3 is 2.67 bits per heavy atom. The van der Waals surface area contributed by atoms with Crippen molar-refractivity contribution in [2.75, 3.05) is 6.54 Å². The first-order valence-corrected chi connectivity index (χ1v) is 6.95. The second-order valence-electron chi connectivity index (χ2n) is 5.24. The van der Waals surface area contributed by atoms with Gasteiger partial charge in [0, 0.05) is 4.88 Å². The number of hydrogen-bond acceptors (Lipinski definition) is 4. The average Bonchev–Trinajstić information content (AvgIpc) is 2.60. The van der Waals surface area contributed by atoms with Crippen molar-refractivity contribution in [2.24, 2.45) is 5.73 Å². The lowest BCUT2D eigenvalue weighted by Gasteiger charge is -2.23. The van der Waals surface area contributed by atoms with Gasteiger partial charge >= 0.3 is 6.09 Å². The number of nitrogens with two attached hydrogens (primary N) is 1. The van der Waals surface area contributed by atoms with Gasteiger partial charge in [0.1, 0.15) is 5.60 Å². The number of alkyl carbamates (subject to hydrolysis) is 1. The molecule has 0 aromatic carbocycles. The second-order valence-corrected chi connectivity index (χ2v) is 6.19. The fourth-order valence-corrected chi connectivity index (χ4v) is 2.64. The van der Waals surface area contributed by atoms with Crippen molar-refractivity contribution in [2.45, 2.75) is 45.8 Å². The molecule has 0 saturated heterocycles. The molecular formula is C13H22N2O2S. The molecule has 0 spiro atoms. The predicted octanol–water partition coefficient (Wildman–Crippen LogP) is 2.97. The van der Waals surface area contributed by atoms with Crippen LogP contribution in [0.5, 0.6) is 0 Å². The summed E-state index contributed by atoms with van der Waals surface area (Å²) in [5.41, 5.74) is 6.29. The Hall–Kier alpha value is -1.07. The molecule has 1 heterocycles. The summed E-state index contributed by atoms with van der Waals surface area (Å²) in [7, 11) is 0. The third kappa shape index (κ3) is 4.66. The van der Waals surface area contributed by atoms with E-state index in [0.29, 0.717) is 13.0 Å². The Balaban J connectivity index is 2.70. The van der Waals surface area contributed by atoms with Crippen LogP contribution in [0.2, 0.25) is 0 Å². The first-order chi connectivity index (χ1) is 8.33. The molecular weight excluding hydrogens is 248 g/mol. The molecule has 0 radical (unpaired) electrons. The van der Waals surface area contributed by atoms with Crippen LogP contribution >= 0.6 is 11.3 Å². The van der Waals surface area contributed by atoms with Gasteiger partial charge in [-0.3, -0.25) is 0 Å². The highest BCUT2D eigenvalue weighted by molar-refractivity contribution is 7.10. The van der Waals surface area contributed by atoms with Gasteiger partial charge in [0.05, 0.1) is 6.04 Å². The molecule has 1 aromatic heterocycles. The van der Waals surface area contributed by atoms with E-state index >= 15 is 0 Å². The maximum absolute atomic E-state index is 11.8. The summed E-state index contributed by atoms with van der Waals surface area (Å²) in [5.74, 6) is 0. The van der Waals surface area contributed by atoms with Crippen molar-refractivity contribution >= 4 is 17.4 Å². The number of rotatable bonds is 4. The zero-order valence-electron chi connectivity index (χ0n) is 11.4. The van der Waals surface area contributed by atoms with Crippen molar-refractivity contribution in [3.8, 4) is 0 Å². The van der Waals surface area contributed by atoms with Crippen molar-refractivity contribution in [1.82, 2.24) is 5.32 Å². The van der Waals surface area contributed by atoms with Crippen molar-refractivity contribution < 1.29 is 9.53 Å². The third-order valence-corrected chi connectivity index (χ3v) is 3.50. The van der Waals surface area contributed by atoms with E-state index in [2.05, 4.69) is 5.32 Å². The van der Waals surface area contributed by atoms with Crippen LogP contribution in [0.1, 0.15) is 43.7 Å². The lowest BCUT2D eigenvalue weighted by atomic mass is 10.1. The van der Waals surface area contributed by atoms with Gasteiger partial charge in [0.2, 0.25) is 0 Å². The Kier molecular flexibility index (Phi) is 5.16. The van der Waals surface area contributed by atoms with Gasteiger partial charge in [-0.25, -0.2) is 4.79 Å².